The number of hydrogen-bond donors (Lipinski definition) is 2. The lowest BCUT2D eigenvalue weighted by Gasteiger charge is -2.48. The van der Waals surface area contributed by atoms with Crippen LogP contribution < -0.4 is 5.32 Å². The second kappa shape index (κ2) is 4.83. The fourth-order valence-electron chi connectivity index (χ4n) is 3.00. The van der Waals surface area contributed by atoms with Crippen molar-refractivity contribution in [2.45, 2.75) is 45.1 Å². The number of carboxylic acids is 1. The molecule has 1 fully saturated rings. The number of carboxylic acid groups (broad SMARTS) is 1. The predicted octanol–water partition coefficient (Wildman–Crippen LogP) is 3.66. The van der Waals surface area contributed by atoms with E-state index in [1.54, 1.807) is 12.1 Å². The molecule has 1 unspecified atom stereocenters. The summed E-state index contributed by atoms with van der Waals surface area (Å²) in [5.41, 5.74) is -0.875. The van der Waals surface area contributed by atoms with Crippen LogP contribution in [-0.2, 0) is 4.79 Å². The van der Waals surface area contributed by atoms with E-state index in [9.17, 15) is 14.3 Å². The molecule has 1 aliphatic rings. The van der Waals surface area contributed by atoms with E-state index >= 15 is 0 Å². The van der Waals surface area contributed by atoms with Crippen molar-refractivity contribution in [1.29, 1.82) is 0 Å². The summed E-state index contributed by atoms with van der Waals surface area (Å²) < 4.78 is 13.3. The third kappa shape index (κ3) is 2.44. The van der Waals surface area contributed by atoms with Crippen molar-refractivity contribution < 1.29 is 14.3 Å². The summed E-state index contributed by atoms with van der Waals surface area (Å²) in [6.45, 7) is 3.93. The van der Waals surface area contributed by atoms with Gasteiger partial charge in [-0.2, -0.15) is 0 Å². The summed E-state index contributed by atoms with van der Waals surface area (Å²) >= 11 is 0. The molecule has 1 aromatic rings. The molecule has 0 bridgehead atoms. The van der Waals surface area contributed by atoms with Crippen LogP contribution in [0.15, 0.2) is 24.3 Å². The van der Waals surface area contributed by atoms with Crippen LogP contribution in [0, 0.1) is 11.2 Å². The molecular weight excluding hydrogens is 245 g/mol. The maximum absolute atomic E-state index is 13.3. The van der Waals surface area contributed by atoms with Gasteiger partial charge in [-0.3, -0.25) is 0 Å². The minimum Gasteiger partial charge on any atom is -0.479 e. The number of aliphatic carboxylic acids is 1. The highest BCUT2D eigenvalue weighted by Gasteiger charge is 2.52. The third-order valence-electron chi connectivity index (χ3n) is 4.31. The molecule has 1 aliphatic carbocycles. The molecule has 3 nitrogen and oxygen atoms in total. The van der Waals surface area contributed by atoms with Crippen LogP contribution >= 0.6 is 0 Å². The zero-order valence-electron chi connectivity index (χ0n) is 11.4. The number of hydrogen-bond acceptors (Lipinski definition) is 2. The van der Waals surface area contributed by atoms with Crippen molar-refractivity contribution in [2.24, 2.45) is 5.41 Å². The lowest BCUT2D eigenvalue weighted by molar-refractivity contribution is -0.148. The van der Waals surface area contributed by atoms with Crippen molar-refractivity contribution in [2.75, 3.05) is 5.32 Å². The SMILES string of the molecule is CC1(C)CCCCC1(Nc1cccc(F)c1)C(=O)O. The summed E-state index contributed by atoms with van der Waals surface area (Å²) in [5.74, 6) is -1.22. The van der Waals surface area contributed by atoms with Gasteiger partial charge >= 0.3 is 5.97 Å². The van der Waals surface area contributed by atoms with Crippen molar-refractivity contribution in [1.82, 2.24) is 0 Å². The molecule has 1 saturated carbocycles. The average Bonchev–Trinajstić information content (AvgIpc) is 2.31. The van der Waals surface area contributed by atoms with Crippen LogP contribution in [0.5, 0.6) is 0 Å². The molecule has 4 heteroatoms. The zero-order valence-corrected chi connectivity index (χ0v) is 11.4. The quantitative estimate of drug-likeness (QED) is 0.876. The van der Waals surface area contributed by atoms with Gasteiger partial charge in [-0.1, -0.05) is 32.8 Å². The molecule has 1 aromatic carbocycles. The zero-order chi connectivity index (χ0) is 14.1. The molecule has 0 spiro atoms. The van der Waals surface area contributed by atoms with E-state index < -0.39 is 11.5 Å². The van der Waals surface area contributed by atoms with Gasteiger partial charge in [0.25, 0.3) is 0 Å². The van der Waals surface area contributed by atoms with Crippen molar-refractivity contribution in [3.8, 4) is 0 Å². The van der Waals surface area contributed by atoms with E-state index in [4.69, 9.17) is 0 Å². The second-order valence-corrected chi connectivity index (χ2v) is 5.94. The first-order valence-corrected chi connectivity index (χ1v) is 6.65. The van der Waals surface area contributed by atoms with Gasteiger partial charge in [-0.05, 0) is 36.5 Å². The Kier molecular flexibility index (Phi) is 3.52. The first-order valence-electron chi connectivity index (χ1n) is 6.65. The van der Waals surface area contributed by atoms with Crippen LogP contribution in [0.2, 0.25) is 0 Å². The number of rotatable bonds is 3. The van der Waals surface area contributed by atoms with Crippen molar-refractivity contribution in [3.05, 3.63) is 30.1 Å². The maximum Gasteiger partial charge on any atom is 0.329 e. The fraction of sp³-hybridized carbons (Fsp3) is 0.533. The van der Waals surface area contributed by atoms with Crippen LogP contribution in [0.25, 0.3) is 0 Å². The first-order chi connectivity index (χ1) is 8.87. The molecule has 1 atom stereocenters. The third-order valence-corrected chi connectivity index (χ3v) is 4.31. The highest BCUT2D eigenvalue weighted by molar-refractivity contribution is 5.84. The highest BCUT2D eigenvalue weighted by Crippen LogP contribution is 2.46. The number of nitrogens with one attached hydrogen (secondary N) is 1. The molecule has 0 saturated heterocycles. The Hall–Kier alpha value is -1.58. The fourth-order valence-corrected chi connectivity index (χ4v) is 3.00. The predicted molar refractivity (Wildman–Crippen MR) is 72.6 cm³/mol. The monoisotopic (exact) mass is 265 g/mol. The molecule has 2 N–H and O–H groups in total. The van der Waals surface area contributed by atoms with Gasteiger partial charge in [-0.25, -0.2) is 9.18 Å². The normalized spacial score (nSPS) is 25.8. The molecular formula is C15H20FNO2. The van der Waals surface area contributed by atoms with E-state index in [0.29, 0.717) is 12.1 Å². The Morgan fingerprint density at radius 1 is 1.32 bits per heavy atom. The molecule has 0 aromatic heterocycles. The van der Waals surface area contributed by atoms with Crippen molar-refractivity contribution in [3.63, 3.8) is 0 Å². The molecule has 104 valence electrons. The molecule has 0 amide bonds. The minimum atomic E-state index is -1.03. The Labute approximate surface area is 112 Å². The smallest absolute Gasteiger partial charge is 0.329 e. The summed E-state index contributed by atoms with van der Waals surface area (Å²) in [6, 6.07) is 5.99. The molecule has 0 heterocycles. The summed E-state index contributed by atoms with van der Waals surface area (Å²) in [5, 5.41) is 12.8. The van der Waals surface area contributed by atoms with Gasteiger partial charge < -0.3 is 10.4 Å². The molecule has 0 radical (unpaired) electrons. The van der Waals surface area contributed by atoms with Crippen LogP contribution in [0.4, 0.5) is 10.1 Å². The summed E-state index contributed by atoms with van der Waals surface area (Å²) in [7, 11) is 0. The Morgan fingerprint density at radius 3 is 2.58 bits per heavy atom. The second-order valence-electron chi connectivity index (χ2n) is 5.94. The topological polar surface area (TPSA) is 49.3 Å². The largest absolute Gasteiger partial charge is 0.479 e. The maximum atomic E-state index is 13.3. The number of carbonyl (C=O) groups is 1. The van der Waals surface area contributed by atoms with E-state index in [1.807, 2.05) is 13.8 Å². The van der Waals surface area contributed by atoms with E-state index in [1.165, 1.54) is 12.1 Å². The number of anilines is 1. The lowest BCUT2D eigenvalue weighted by Crippen LogP contribution is -2.59. The van der Waals surface area contributed by atoms with E-state index in [0.717, 1.165) is 19.3 Å². The number of halogens is 1. The van der Waals surface area contributed by atoms with Crippen LogP contribution in [0.3, 0.4) is 0 Å². The standard InChI is InChI=1S/C15H20FNO2/c1-14(2)8-3-4-9-15(14,13(18)19)17-12-7-5-6-11(16)10-12/h5-7,10,17H,3-4,8-9H2,1-2H3,(H,18,19). The molecule has 2 rings (SSSR count). The van der Waals surface area contributed by atoms with Crippen molar-refractivity contribution >= 4 is 11.7 Å². The van der Waals surface area contributed by atoms with Gasteiger partial charge in [0.1, 0.15) is 11.4 Å². The minimum absolute atomic E-state index is 0.362. The van der Waals surface area contributed by atoms with Gasteiger partial charge in [0, 0.05) is 5.69 Å². The highest BCUT2D eigenvalue weighted by atomic mass is 19.1. The summed E-state index contributed by atoms with van der Waals surface area (Å²) in [6.07, 6.45) is 3.32. The molecule has 0 aliphatic heterocycles. The van der Waals surface area contributed by atoms with Gasteiger partial charge in [0.15, 0.2) is 0 Å². The van der Waals surface area contributed by atoms with E-state index in [-0.39, 0.29) is 11.2 Å². The van der Waals surface area contributed by atoms with Gasteiger partial charge in [0.05, 0.1) is 0 Å². The number of benzene rings is 1. The summed E-state index contributed by atoms with van der Waals surface area (Å²) in [4.78, 5) is 11.8. The van der Waals surface area contributed by atoms with Crippen LogP contribution in [-0.4, -0.2) is 16.6 Å². The van der Waals surface area contributed by atoms with Gasteiger partial charge in [0.2, 0.25) is 0 Å². The van der Waals surface area contributed by atoms with Gasteiger partial charge in [-0.15, -0.1) is 0 Å². The Balaban J connectivity index is 2.37. The molecule has 19 heavy (non-hydrogen) atoms. The Bertz CT molecular complexity index is 487. The lowest BCUT2D eigenvalue weighted by atomic mass is 9.63. The Morgan fingerprint density at radius 2 is 2.00 bits per heavy atom. The van der Waals surface area contributed by atoms with Crippen LogP contribution in [0.1, 0.15) is 39.5 Å². The first kappa shape index (κ1) is 13.8. The van der Waals surface area contributed by atoms with E-state index in [2.05, 4.69) is 5.32 Å². The average molecular weight is 265 g/mol.